The molecule has 5 atom stereocenters. The highest BCUT2D eigenvalue weighted by Crippen LogP contribution is 2.61. The highest BCUT2D eigenvalue weighted by Gasteiger charge is 2.86. The van der Waals surface area contributed by atoms with Crippen LogP contribution in [0.4, 0.5) is 39.5 Å². The summed E-state index contributed by atoms with van der Waals surface area (Å²) in [5.74, 6) is -0.349. The van der Waals surface area contributed by atoms with Crippen LogP contribution in [0.1, 0.15) is 58.8 Å². The number of aliphatic hydroxyl groups excluding tert-OH is 2. The summed E-state index contributed by atoms with van der Waals surface area (Å²) < 4.78 is 123. The Kier molecular flexibility index (Phi) is 10.1. The molecule has 3 rings (SSSR count). The van der Waals surface area contributed by atoms with Gasteiger partial charge in [-0.3, -0.25) is 0 Å². The Morgan fingerprint density at radius 1 is 1.09 bits per heavy atom. The monoisotopic (exact) mass is 629 g/mol. The van der Waals surface area contributed by atoms with Crippen LogP contribution in [0.5, 0.6) is 0 Å². The maximum Gasteiger partial charge on any atom is 0.417 e. The van der Waals surface area contributed by atoms with Crippen LogP contribution in [0.2, 0.25) is 0 Å². The quantitative estimate of drug-likeness (QED) is 0.129. The van der Waals surface area contributed by atoms with E-state index in [0.29, 0.717) is 25.5 Å². The van der Waals surface area contributed by atoms with Crippen molar-refractivity contribution in [3.05, 3.63) is 59.3 Å². The van der Waals surface area contributed by atoms with Crippen LogP contribution in [-0.4, -0.2) is 53.8 Å². The van der Waals surface area contributed by atoms with Gasteiger partial charge in [0.25, 0.3) is 5.41 Å². The molecule has 2 saturated carbocycles. The van der Waals surface area contributed by atoms with Crippen LogP contribution >= 0.6 is 0 Å². The molecule has 0 saturated heterocycles. The van der Waals surface area contributed by atoms with Crippen LogP contribution in [0.25, 0.3) is 0 Å². The molecule has 0 aromatic heterocycles. The Bertz CT molecular complexity index is 1170. The fraction of sp³-hybridized carbons (Fsp3) is 0.633. The number of allylic oxidation sites excluding steroid dienone is 7. The lowest BCUT2D eigenvalue weighted by Gasteiger charge is -2.42. The molecule has 242 valence electrons. The molecule has 0 heterocycles. The molecule has 0 bridgehead atoms. The normalized spacial score (nSPS) is 30.7. The molecule has 4 nitrogen and oxygen atoms in total. The molecule has 0 aromatic rings. The van der Waals surface area contributed by atoms with Crippen LogP contribution in [0, 0.1) is 22.7 Å². The number of aliphatic hydroxyl groups is 2. The van der Waals surface area contributed by atoms with Gasteiger partial charge in [-0.25, -0.2) is 0 Å². The minimum atomic E-state index is -6.80. The number of rotatable bonds is 7. The third kappa shape index (κ3) is 6.48. The molecule has 0 spiro atoms. The first-order valence-electron chi connectivity index (χ1n) is 13.9. The molecule has 0 aliphatic heterocycles. The van der Waals surface area contributed by atoms with Crippen molar-refractivity contribution in [1.82, 2.24) is 0 Å². The van der Waals surface area contributed by atoms with E-state index in [0.717, 1.165) is 42.1 Å². The van der Waals surface area contributed by atoms with Crippen molar-refractivity contribution < 1.29 is 54.6 Å². The van der Waals surface area contributed by atoms with E-state index in [4.69, 9.17) is 0 Å². The van der Waals surface area contributed by atoms with E-state index < -0.39 is 47.8 Å². The van der Waals surface area contributed by atoms with Gasteiger partial charge in [-0.05, 0) is 73.0 Å². The SMILES string of the molecule is C=C1/C(=C\C=C2/CCC[C@]3(C)C([C@H](C)C/C=C/C(=NOC)C(C(F)(F)F)(C(F)(F)F)C(F)(F)F)=CC[C@@H]23)C[C@@H](O)C[C@@H]1O. The number of fused-ring (bicyclic) bond motifs is 1. The highest BCUT2D eigenvalue weighted by atomic mass is 19.4. The van der Waals surface area contributed by atoms with Gasteiger partial charge in [-0.15, -0.1) is 0 Å². The van der Waals surface area contributed by atoms with Crippen molar-refractivity contribution in [3.63, 3.8) is 0 Å². The van der Waals surface area contributed by atoms with E-state index in [9.17, 15) is 49.7 Å². The van der Waals surface area contributed by atoms with Gasteiger partial charge in [-0.2, -0.15) is 39.5 Å². The Balaban J connectivity index is 1.86. The third-order valence-electron chi connectivity index (χ3n) is 9.02. The molecule has 13 heteroatoms. The number of alkyl halides is 9. The molecule has 3 aliphatic carbocycles. The van der Waals surface area contributed by atoms with E-state index in [-0.39, 0.29) is 30.3 Å². The fourth-order valence-electron chi connectivity index (χ4n) is 6.83. The van der Waals surface area contributed by atoms with Gasteiger partial charge < -0.3 is 15.1 Å². The maximum atomic E-state index is 13.6. The van der Waals surface area contributed by atoms with Gasteiger partial charge in [0.05, 0.1) is 12.2 Å². The zero-order valence-corrected chi connectivity index (χ0v) is 24.0. The predicted octanol–water partition coefficient (Wildman–Crippen LogP) is 8.31. The predicted molar refractivity (Wildman–Crippen MR) is 143 cm³/mol. The number of hydrogen-bond acceptors (Lipinski definition) is 4. The highest BCUT2D eigenvalue weighted by molar-refractivity contribution is 6.01. The lowest BCUT2D eigenvalue weighted by atomic mass is 9.62. The van der Waals surface area contributed by atoms with Gasteiger partial charge in [0.1, 0.15) is 12.8 Å². The summed E-state index contributed by atoms with van der Waals surface area (Å²) in [7, 11) is 0.563. The van der Waals surface area contributed by atoms with Crippen LogP contribution < -0.4 is 0 Å². The van der Waals surface area contributed by atoms with Gasteiger partial charge in [0.2, 0.25) is 0 Å². The Morgan fingerprint density at radius 2 is 1.70 bits per heavy atom. The summed E-state index contributed by atoms with van der Waals surface area (Å²) in [6, 6.07) is 0. The molecule has 2 fully saturated rings. The first kappa shape index (κ1) is 34.9. The van der Waals surface area contributed by atoms with Crippen molar-refractivity contribution in [2.45, 2.75) is 89.5 Å². The molecule has 0 amide bonds. The van der Waals surface area contributed by atoms with E-state index in [1.165, 1.54) is 0 Å². The van der Waals surface area contributed by atoms with Gasteiger partial charge >= 0.3 is 18.5 Å². The van der Waals surface area contributed by atoms with Crippen molar-refractivity contribution >= 4 is 5.71 Å². The van der Waals surface area contributed by atoms with E-state index in [1.54, 1.807) is 6.92 Å². The second-order valence-corrected chi connectivity index (χ2v) is 11.7. The molecule has 0 aromatic carbocycles. The Labute approximate surface area is 244 Å². The summed E-state index contributed by atoms with van der Waals surface area (Å²) in [6.45, 7) is 7.67. The second kappa shape index (κ2) is 12.5. The standard InChI is InChI=1S/C30H36F9NO3/c1-17(7-5-9-25(40-43-4)27(28(31,32)33,29(34,35)36)30(37,38)39)22-12-13-23-19(8-6-14-26(22,23)3)10-11-20-15-21(41)16-24(42)18(20)2/h5,9-12,17,21,23-24,41-42H,2,6-8,13-16H2,1,3-4H3/b9-5+,19-10+,20-11-,40-25?/t17-,21-,23+,24+,26-/m1/s1. The molecule has 3 aliphatic rings. The maximum absolute atomic E-state index is 13.6. The van der Waals surface area contributed by atoms with Crippen molar-refractivity contribution in [2.24, 2.45) is 27.8 Å². The van der Waals surface area contributed by atoms with Crippen LogP contribution in [-0.2, 0) is 4.84 Å². The summed E-state index contributed by atoms with van der Waals surface area (Å²) in [6.07, 6.45) is -11.7. The summed E-state index contributed by atoms with van der Waals surface area (Å²) in [5.41, 5.74) is -5.63. The molecule has 43 heavy (non-hydrogen) atoms. The average Bonchev–Trinajstić information content (AvgIpc) is 3.20. The lowest BCUT2D eigenvalue weighted by Crippen LogP contribution is -2.64. The molecular formula is C30H36F9NO3. The fourth-order valence-corrected chi connectivity index (χ4v) is 6.83. The van der Waals surface area contributed by atoms with E-state index in [2.05, 4.69) is 16.6 Å². The Hall–Kier alpha value is -2.54. The average molecular weight is 630 g/mol. The summed E-state index contributed by atoms with van der Waals surface area (Å²) in [5, 5.41) is 22.7. The summed E-state index contributed by atoms with van der Waals surface area (Å²) >= 11 is 0. The minimum absolute atomic E-state index is 0.0604. The van der Waals surface area contributed by atoms with Crippen molar-refractivity contribution in [3.8, 4) is 0 Å². The number of hydrogen-bond donors (Lipinski definition) is 2. The first-order chi connectivity index (χ1) is 19.7. The van der Waals surface area contributed by atoms with Crippen molar-refractivity contribution in [2.75, 3.05) is 7.11 Å². The summed E-state index contributed by atoms with van der Waals surface area (Å²) in [4.78, 5) is 4.02. The van der Waals surface area contributed by atoms with E-state index >= 15 is 0 Å². The minimum Gasteiger partial charge on any atom is -0.399 e. The van der Waals surface area contributed by atoms with Gasteiger partial charge in [0.15, 0.2) is 0 Å². The number of halogens is 9. The zero-order valence-electron chi connectivity index (χ0n) is 24.0. The largest absolute Gasteiger partial charge is 0.417 e. The third-order valence-corrected chi connectivity index (χ3v) is 9.02. The van der Waals surface area contributed by atoms with Crippen LogP contribution in [0.3, 0.4) is 0 Å². The zero-order chi connectivity index (χ0) is 32.6. The molecular weight excluding hydrogens is 593 g/mol. The number of oxime groups is 1. The van der Waals surface area contributed by atoms with E-state index in [1.807, 2.05) is 25.2 Å². The van der Waals surface area contributed by atoms with Crippen molar-refractivity contribution in [1.29, 1.82) is 0 Å². The second-order valence-electron chi connectivity index (χ2n) is 11.7. The smallest absolute Gasteiger partial charge is 0.399 e. The van der Waals surface area contributed by atoms with Crippen LogP contribution in [0.15, 0.2) is 64.4 Å². The van der Waals surface area contributed by atoms with Gasteiger partial charge in [-0.1, -0.05) is 61.0 Å². The molecule has 0 radical (unpaired) electrons. The Morgan fingerprint density at radius 3 is 2.26 bits per heavy atom. The number of nitrogens with zero attached hydrogens (tertiary/aromatic N) is 1. The first-order valence-corrected chi connectivity index (χ1v) is 13.9. The molecule has 2 N–H and O–H groups in total. The lowest BCUT2D eigenvalue weighted by molar-refractivity contribution is -0.397. The topological polar surface area (TPSA) is 62.0 Å². The molecule has 0 unspecified atom stereocenters. The van der Waals surface area contributed by atoms with Gasteiger partial charge in [0, 0.05) is 6.42 Å².